The van der Waals surface area contributed by atoms with Crippen molar-refractivity contribution in [3.05, 3.63) is 59.2 Å². The Labute approximate surface area is 122 Å². The molecule has 2 aromatic carbocycles. The summed E-state index contributed by atoms with van der Waals surface area (Å²) in [5.74, 6) is 1.13. The molecule has 0 saturated heterocycles. The van der Waals surface area contributed by atoms with E-state index < -0.39 is 0 Å². The number of nitrogens with one attached hydrogen (secondary N) is 1. The van der Waals surface area contributed by atoms with E-state index in [0.29, 0.717) is 5.82 Å². The van der Waals surface area contributed by atoms with Crippen LogP contribution in [0, 0.1) is 26.6 Å². The molecule has 0 aliphatic carbocycles. The van der Waals surface area contributed by atoms with Crippen LogP contribution in [0.3, 0.4) is 0 Å². The van der Waals surface area contributed by atoms with Crippen molar-refractivity contribution in [2.45, 2.75) is 20.8 Å². The number of hydrogen-bond donors (Lipinski definition) is 1. The highest BCUT2D eigenvalue weighted by Crippen LogP contribution is 2.32. The van der Waals surface area contributed by atoms with Gasteiger partial charge in [0.15, 0.2) is 5.82 Å². The molecule has 106 valence electrons. The smallest absolute Gasteiger partial charge is 0.161 e. The molecular weight excluding hydrogens is 265 g/mol. The number of rotatable bonds is 2. The molecular formula is C17H16FN3. The van der Waals surface area contributed by atoms with Crippen LogP contribution in [-0.2, 0) is 0 Å². The summed E-state index contributed by atoms with van der Waals surface area (Å²) >= 11 is 0. The van der Waals surface area contributed by atoms with E-state index in [-0.39, 0.29) is 5.82 Å². The Morgan fingerprint density at radius 3 is 2.19 bits per heavy atom. The van der Waals surface area contributed by atoms with E-state index >= 15 is 0 Å². The second-order valence-corrected chi connectivity index (χ2v) is 5.33. The van der Waals surface area contributed by atoms with Crippen molar-refractivity contribution in [3.63, 3.8) is 0 Å². The molecule has 3 aromatic rings. The first kappa shape index (κ1) is 13.5. The zero-order valence-corrected chi connectivity index (χ0v) is 12.2. The highest BCUT2D eigenvalue weighted by Gasteiger charge is 2.12. The van der Waals surface area contributed by atoms with Crippen LogP contribution >= 0.6 is 0 Å². The van der Waals surface area contributed by atoms with E-state index in [1.807, 2.05) is 20.8 Å². The van der Waals surface area contributed by atoms with Crippen LogP contribution < -0.4 is 0 Å². The van der Waals surface area contributed by atoms with Crippen LogP contribution in [0.15, 0.2) is 36.4 Å². The minimum atomic E-state index is -0.260. The molecule has 21 heavy (non-hydrogen) atoms. The van der Waals surface area contributed by atoms with E-state index in [1.54, 1.807) is 12.1 Å². The molecule has 1 heterocycles. The fraction of sp³-hybridized carbons (Fsp3) is 0.176. The monoisotopic (exact) mass is 281 g/mol. The van der Waals surface area contributed by atoms with Crippen LogP contribution in [0.1, 0.15) is 17.0 Å². The van der Waals surface area contributed by atoms with Crippen molar-refractivity contribution >= 4 is 0 Å². The lowest BCUT2D eigenvalue weighted by atomic mass is 9.96. The van der Waals surface area contributed by atoms with Crippen LogP contribution in [0.4, 0.5) is 4.39 Å². The van der Waals surface area contributed by atoms with Crippen molar-refractivity contribution in [3.8, 4) is 22.5 Å². The number of aromatic nitrogens is 3. The average molecular weight is 281 g/mol. The maximum absolute atomic E-state index is 13.7. The molecule has 0 bridgehead atoms. The van der Waals surface area contributed by atoms with Gasteiger partial charge in [0.2, 0.25) is 0 Å². The van der Waals surface area contributed by atoms with Crippen LogP contribution in [0.25, 0.3) is 22.5 Å². The summed E-state index contributed by atoms with van der Waals surface area (Å²) < 4.78 is 13.7. The molecule has 0 saturated carbocycles. The molecule has 0 atom stereocenters. The summed E-state index contributed by atoms with van der Waals surface area (Å²) in [5.41, 5.74) is 4.94. The molecule has 4 heteroatoms. The van der Waals surface area contributed by atoms with E-state index in [4.69, 9.17) is 0 Å². The normalized spacial score (nSPS) is 10.9. The average Bonchev–Trinajstić information content (AvgIpc) is 2.84. The van der Waals surface area contributed by atoms with E-state index in [2.05, 4.69) is 33.4 Å². The van der Waals surface area contributed by atoms with Gasteiger partial charge in [-0.25, -0.2) is 4.39 Å². The Bertz CT molecular complexity index is 785. The number of aryl methyl sites for hydroxylation is 3. The topological polar surface area (TPSA) is 41.6 Å². The summed E-state index contributed by atoms with van der Waals surface area (Å²) in [6, 6.07) is 10.9. The quantitative estimate of drug-likeness (QED) is 0.764. The van der Waals surface area contributed by atoms with Crippen LogP contribution in [0.2, 0.25) is 0 Å². The van der Waals surface area contributed by atoms with Gasteiger partial charge in [0, 0.05) is 5.56 Å². The van der Waals surface area contributed by atoms with Gasteiger partial charge in [0.1, 0.15) is 11.6 Å². The van der Waals surface area contributed by atoms with Crippen molar-refractivity contribution in [1.82, 2.24) is 15.2 Å². The van der Waals surface area contributed by atoms with E-state index in [0.717, 1.165) is 33.6 Å². The molecule has 0 radical (unpaired) electrons. The van der Waals surface area contributed by atoms with Gasteiger partial charge >= 0.3 is 0 Å². The van der Waals surface area contributed by atoms with Gasteiger partial charge in [-0.2, -0.15) is 0 Å². The van der Waals surface area contributed by atoms with Gasteiger partial charge in [-0.05, 0) is 50.1 Å². The zero-order valence-electron chi connectivity index (χ0n) is 12.2. The Kier molecular flexibility index (Phi) is 3.29. The van der Waals surface area contributed by atoms with Gasteiger partial charge in [0.05, 0.1) is 0 Å². The molecule has 1 aromatic heterocycles. The van der Waals surface area contributed by atoms with Crippen molar-refractivity contribution in [1.29, 1.82) is 0 Å². The lowest BCUT2D eigenvalue weighted by molar-refractivity contribution is 0.628. The molecule has 0 aliphatic rings. The minimum absolute atomic E-state index is 0.260. The number of halogens is 1. The number of aromatic amines is 1. The number of H-pyrrole nitrogens is 1. The molecule has 0 aliphatic heterocycles. The van der Waals surface area contributed by atoms with Gasteiger partial charge in [-0.1, -0.05) is 29.3 Å². The van der Waals surface area contributed by atoms with Crippen LogP contribution in [-0.4, -0.2) is 15.2 Å². The maximum atomic E-state index is 13.7. The van der Waals surface area contributed by atoms with Gasteiger partial charge in [-0.15, -0.1) is 10.2 Å². The fourth-order valence-electron chi connectivity index (χ4n) is 2.56. The summed E-state index contributed by atoms with van der Waals surface area (Å²) in [6.07, 6.45) is 0. The predicted molar refractivity (Wildman–Crippen MR) is 81.4 cm³/mol. The Hall–Kier alpha value is -2.49. The second-order valence-electron chi connectivity index (χ2n) is 5.33. The van der Waals surface area contributed by atoms with Crippen molar-refractivity contribution < 1.29 is 4.39 Å². The van der Waals surface area contributed by atoms with Crippen molar-refractivity contribution in [2.75, 3.05) is 0 Å². The largest absolute Gasteiger partial charge is 0.325 e. The Morgan fingerprint density at radius 2 is 1.57 bits per heavy atom. The summed E-state index contributed by atoms with van der Waals surface area (Å²) in [5, 5.41) is 8.10. The third kappa shape index (κ3) is 2.70. The van der Waals surface area contributed by atoms with Gasteiger partial charge < -0.3 is 4.98 Å². The molecule has 1 N–H and O–H groups in total. The number of hydrogen-bond acceptors (Lipinski definition) is 2. The van der Waals surface area contributed by atoms with Gasteiger partial charge in [-0.3, -0.25) is 0 Å². The summed E-state index contributed by atoms with van der Waals surface area (Å²) in [4.78, 5) is 3.11. The summed E-state index contributed by atoms with van der Waals surface area (Å²) in [6.45, 7) is 5.92. The van der Waals surface area contributed by atoms with Crippen LogP contribution in [0.5, 0.6) is 0 Å². The molecule has 0 unspecified atom stereocenters. The van der Waals surface area contributed by atoms with E-state index in [1.165, 1.54) is 6.07 Å². The molecule has 0 spiro atoms. The predicted octanol–water partition coefficient (Wildman–Crippen LogP) is 4.20. The van der Waals surface area contributed by atoms with E-state index in [9.17, 15) is 4.39 Å². The minimum Gasteiger partial charge on any atom is -0.325 e. The highest BCUT2D eigenvalue weighted by molar-refractivity contribution is 5.81. The third-order valence-corrected chi connectivity index (χ3v) is 3.37. The molecule has 0 amide bonds. The Morgan fingerprint density at radius 1 is 0.857 bits per heavy atom. The Balaban J connectivity index is 2.23. The number of benzene rings is 2. The first-order valence-corrected chi connectivity index (χ1v) is 6.81. The lowest BCUT2D eigenvalue weighted by Gasteiger charge is -2.10. The second kappa shape index (κ2) is 5.13. The first-order chi connectivity index (χ1) is 10.0. The van der Waals surface area contributed by atoms with Crippen molar-refractivity contribution in [2.24, 2.45) is 0 Å². The summed E-state index contributed by atoms with van der Waals surface area (Å²) in [7, 11) is 0. The first-order valence-electron chi connectivity index (χ1n) is 6.81. The zero-order chi connectivity index (χ0) is 15.0. The van der Waals surface area contributed by atoms with Gasteiger partial charge in [0.25, 0.3) is 0 Å². The third-order valence-electron chi connectivity index (χ3n) is 3.37. The molecule has 0 fully saturated rings. The highest BCUT2D eigenvalue weighted by atomic mass is 19.1. The SMILES string of the molecule is Cc1cc(C)cc(-c2cc(F)ccc2-c2nnc(C)[nH]2)c1. The lowest BCUT2D eigenvalue weighted by Crippen LogP contribution is -1.90. The standard InChI is InChI=1S/C17H16FN3/c1-10-6-11(2)8-13(7-10)16-9-14(18)4-5-15(16)17-19-12(3)20-21-17/h4-9H,1-3H3,(H,19,20,21). The molecule has 3 rings (SSSR count). The number of nitrogens with zero attached hydrogens (tertiary/aromatic N) is 2. The molecule has 3 nitrogen and oxygen atoms in total. The fourth-order valence-corrected chi connectivity index (χ4v) is 2.56. The maximum Gasteiger partial charge on any atom is 0.161 e.